The number of fused-ring (bicyclic) bond motifs is 1. The maximum atomic E-state index is 13.3. The first-order valence-corrected chi connectivity index (χ1v) is 10.8. The number of para-hydroxylation sites is 1. The average molecular weight is 413 g/mol. The molecule has 0 saturated carbocycles. The summed E-state index contributed by atoms with van der Waals surface area (Å²) in [4.78, 5) is 18.0. The van der Waals surface area contributed by atoms with Gasteiger partial charge in [-0.25, -0.2) is 4.98 Å². The molecule has 1 aromatic heterocycles. The van der Waals surface area contributed by atoms with Crippen LogP contribution < -0.4 is 5.56 Å². The highest BCUT2D eigenvalue weighted by atomic mass is 32.2. The lowest BCUT2D eigenvalue weighted by atomic mass is 10.1. The molecule has 0 radical (unpaired) electrons. The summed E-state index contributed by atoms with van der Waals surface area (Å²) in [5.74, 6) is 0.819. The van der Waals surface area contributed by atoms with Gasteiger partial charge in [0, 0.05) is 12.4 Å². The molecular formula is C23H28N2O3S. The van der Waals surface area contributed by atoms with E-state index in [0.29, 0.717) is 34.3 Å². The van der Waals surface area contributed by atoms with Crippen molar-refractivity contribution in [2.75, 3.05) is 19.0 Å². The van der Waals surface area contributed by atoms with Crippen molar-refractivity contribution in [3.8, 4) is 5.69 Å². The van der Waals surface area contributed by atoms with Crippen molar-refractivity contribution in [1.82, 2.24) is 9.55 Å². The Balaban J connectivity index is 1.96. The van der Waals surface area contributed by atoms with Crippen molar-refractivity contribution in [2.45, 2.75) is 39.0 Å². The first kappa shape index (κ1) is 21.6. The first-order valence-electron chi connectivity index (χ1n) is 9.85. The Hall–Kier alpha value is -2.15. The molecule has 0 aliphatic rings. The fraction of sp³-hybridized carbons (Fsp3) is 0.391. The van der Waals surface area contributed by atoms with E-state index < -0.39 is 6.10 Å². The van der Waals surface area contributed by atoms with Gasteiger partial charge in [0.2, 0.25) is 0 Å². The number of hydrogen-bond donors (Lipinski definition) is 1. The van der Waals surface area contributed by atoms with Crippen molar-refractivity contribution < 1.29 is 9.84 Å². The van der Waals surface area contributed by atoms with Gasteiger partial charge in [0.15, 0.2) is 5.16 Å². The van der Waals surface area contributed by atoms with Crippen molar-refractivity contribution in [1.29, 1.82) is 0 Å². The second-order valence-electron chi connectivity index (χ2n) is 7.74. The summed E-state index contributed by atoms with van der Waals surface area (Å²) in [6.45, 7) is 9.05. The summed E-state index contributed by atoms with van der Waals surface area (Å²) >= 11 is 1.37. The van der Waals surface area contributed by atoms with Gasteiger partial charge in [-0.05, 0) is 43.5 Å². The Labute approximate surface area is 175 Å². The summed E-state index contributed by atoms with van der Waals surface area (Å²) in [6, 6.07) is 13.4. The summed E-state index contributed by atoms with van der Waals surface area (Å²) in [5.41, 5.74) is 3.51. The Bertz CT molecular complexity index is 1050. The maximum Gasteiger partial charge on any atom is 0.266 e. The minimum Gasteiger partial charge on any atom is -0.390 e. The van der Waals surface area contributed by atoms with Crippen LogP contribution >= 0.6 is 11.8 Å². The van der Waals surface area contributed by atoms with E-state index in [2.05, 4.69) is 19.9 Å². The molecule has 0 amide bonds. The van der Waals surface area contributed by atoms with Crippen molar-refractivity contribution >= 4 is 22.7 Å². The zero-order valence-corrected chi connectivity index (χ0v) is 18.2. The molecule has 0 bridgehead atoms. The van der Waals surface area contributed by atoms with Gasteiger partial charge in [0.25, 0.3) is 5.56 Å². The number of aromatic nitrogens is 2. The van der Waals surface area contributed by atoms with Gasteiger partial charge in [-0.2, -0.15) is 0 Å². The Morgan fingerprint density at radius 1 is 1.14 bits per heavy atom. The third kappa shape index (κ3) is 5.26. The van der Waals surface area contributed by atoms with Crippen LogP contribution in [0.25, 0.3) is 16.6 Å². The van der Waals surface area contributed by atoms with E-state index in [1.54, 1.807) is 10.6 Å². The van der Waals surface area contributed by atoms with Gasteiger partial charge in [0.1, 0.15) is 0 Å². The molecule has 0 fully saturated rings. The number of aryl methyl sites for hydroxylation is 2. The lowest BCUT2D eigenvalue weighted by molar-refractivity contribution is 0.0364. The van der Waals surface area contributed by atoms with Gasteiger partial charge in [-0.15, -0.1) is 0 Å². The highest BCUT2D eigenvalue weighted by molar-refractivity contribution is 7.99. The van der Waals surface area contributed by atoms with E-state index in [9.17, 15) is 9.90 Å². The predicted molar refractivity (Wildman–Crippen MR) is 119 cm³/mol. The number of benzene rings is 2. The molecule has 3 aromatic rings. The number of hydrogen-bond acceptors (Lipinski definition) is 5. The van der Waals surface area contributed by atoms with E-state index in [1.165, 1.54) is 11.8 Å². The van der Waals surface area contributed by atoms with Crippen LogP contribution in [0.2, 0.25) is 0 Å². The third-order valence-corrected chi connectivity index (χ3v) is 5.59. The molecule has 1 heterocycles. The van der Waals surface area contributed by atoms with Crippen LogP contribution in [-0.2, 0) is 4.74 Å². The molecule has 1 unspecified atom stereocenters. The number of aliphatic hydroxyl groups excluding tert-OH is 1. The molecule has 0 aliphatic heterocycles. The van der Waals surface area contributed by atoms with Crippen LogP contribution in [0.1, 0.15) is 25.0 Å². The summed E-state index contributed by atoms with van der Waals surface area (Å²) in [5, 5.41) is 11.5. The molecule has 2 aromatic carbocycles. The van der Waals surface area contributed by atoms with Gasteiger partial charge in [-0.1, -0.05) is 55.4 Å². The van der Waals surface area contributed by atoms with Gasteiger partial charge < -0.3 is 9.84 Å². The summed E-state index contributed by atoms with van der Waals surface area (Å²) < 4.78 is 7.19. The highest BCUT2D eigenvalue weighted by Gasteiger charge is 2.16. The molecule has 154 valence electrons. The Morgan fingerprint density at radius 2 is 1.90 bits per heavy atom. The van der Waals surface area contributed by atoms with E-state index in [4.69, 9.17) is 9.72 Å². The number of rotatable bonds is 8. The zero-order valence-electron chi connectivity index (χ0n) is 17.4. The Kier molecular flexibility index (Phi) is 7.11. The maximum absolute atomic E-state index is 13.3. The lowest BCUT2D eigenvalue weighted by Crippen LogP contribution is -2.24. The molecule has 0 spiro atoms. The topological polar surface area (TPSA) is 64.3 Å². The van der Waals surface area contributed by atoms with Gasteiger partial charge in [-0.3, -0.25) is 9.36 Å². The molecule has 3 rings (SSSR count). The SMILES string of the molecule is Cc1ccc(-n2c(SCC(O)COCC(C)C)nc3ccccc3c2=O)c(C)c1. The second kappa shape index (κ2) is 9.57. The van der Waals surface area contributed by atoms with E-state index in [0.717, 1.165) is 16.8 Å². The monoisotopic (exact) mass is 412 g/mol. The van der Waals surface area contributed by atoms with Crippen LogP contribution in [0.3, 0.4) is 0 Å². The minimum atomic E-state index is -0.630. The largest absolute Gasteiger partial charge is 0.390 e. The number of nitrogens with zero attached hydrogens (tertiary/aromatic N) is 2. The van der Waals surface area contributed by atoms with Crippen LogP contribution in [0.4, 0.5) is 0 Å². The van der Waals surface area contributed by atoms with E-state index in [1.807, 2.05) is 44.2 Å². The smallest absolute Gasteiger partial charge is 0.266 e. The molecule has 1 atom stereocenters. The lowest BCUT2D eigenvalue weighted by Gasteiger charge is -2.17. The minimum absolute atomic E-state index is 0.101. The second-order valence-corrected chi connectivity index (χ2v) is 8.73. The normalized spacial score (nSPS) is 12.6. The zero-order chi connectivity index (χ0) is 21.0. The first-order chi connectivity index (χ1) is 13.9. The van der Waals surface area contributed by atoms with E-state index in [-0.39, 0.29) is 12.2 Å². The molecule has 29 heavy (non-hydrogen) atoms. The van der Waals surface area contributed by atoms with Crippen LogP contribution in [0.15, 0.2) is 52.4 Å². The number of thioether (sulfide) groups is 1. The van der Waals surface area contributed by atoms with Crippen molar-refractivity contribution in [3.63, 3.8) is 0 Å². The van der Waals surface area contributed by atoms with E-state index >= 15 is 0 Å². The standard InChI is InChI=1S/C23H28N2O3S/c1-15(2)12-28-13-18(26)14-29-23-24-20-8-6-5-7-19(20)22(27)25(23)21-10-9-16(3)11-17(21)4/h5-11,15,18,26H,12-14H2,1-4H3. The van der Waals surface area contributed by atoms with Crippen LogP contribution in [0, 0.1) is 19.8 Å². The predicted octanol–water partition coefficient (Wildman–Crippen LogP) is 4.13. The van der Waals surface area contributed by atoms with Crippen molar-refractivity contribution in [3.05, 3.63) is 63.9 Å². The molecular weight excluding hydrogens is 384 g/mol. The molecule has 0 saturated heterocycles. The third-order valence-electron chi connectivity index (χ3n) is 4.50. The van der Waals surface area contributed by atoms with Crippen LogP contribution in [0.5, 0.6) is 0 Å². The molecule has 0 aliphatic carbocycles. The van der Waals surface area contributed by atoms with Crippen molar-refractivity contribution in [2.24, 2.45) is 5.92 Å². The summed E-state index contributed by atoms with van der Waals surface area (Å²) in [7, 11) is 0. The Morgan fingerprint density at radius 3 is 2.62 bits per heavy atom. The molecule has 1 N–H and O–H groups in total. The fourth-order valence-electron chi connectivity index (χ4n) is 3.14. The molecule has 5 nitrogen and oxygen atoms in total. The van der Waals surface area contributed by atoms with Crippen LogP contribution in [-0.4, -0.2) is 39.7 Å². The number of ether oxygens (including phenoxy) is 1. The fourth-order valence-corrected chi connectivity index (χ4v) is 4.05. The quantitative estimate of drug-likeness (QED) is 0.445. The average Bonchev–Trinajstić information content (AvgIpc) is 2.67. The number of aliphatic hydroxyl groups is 1. The summed E-state index contributed by atoms with van der Waals surface area (Å²) in [6.07, 6.45) is -0.630. The van der Waals surface area contributed by atoms with Gasteiger partial charge in [0.05, 0.1) is 29.3 Å². The molecule has 6 heteroatoms. The van der Waals surface area contributed by atoms with Gasteiger partial charge >= 0.3 is 0 Å². The highest BCUT2D eigenvalue weighted by Crippen LogP contribution is 2.24.